The van der Waals surface area contributed by atoms with Gasteiger partial charge in [-0.15, -0.1) is 0 Å². The quantitative estimate of drug-likeness (QED) is 0.857. The molecule has 84 valence electrons. The summed E-state index contributed by atoms with van der Waals surface area (Å²) in [6.07, 6.45) is 3.31. The molecule has 0 saturated heterocycles. The maximum Gasteiger partial charge on any atom is 0.161 e. The van der Waals surface area contributed by atoms with Gasteiger partial charge in [0.05, 0.1) is 0 Å². The number of carbonyl (C=O) groups is 1. The van der Waals surface area contributed by atoms with Crippen LogP contribution in [0.15, 0.2) is 35.9 Å². The number of allylic oxidation sites excluding steroid dienone is 1. The van der Waals surface area contributed by atoms with Gasteiger partial charge in [-0.05, 0) is 30.5 Å². The van der Waals surface area contributed by atoms with E-state index in [1.807, 2.05) is 6.08 Å². The maximum absolute atomic E-state index is 11.6. The Labute approximate surface area is 99.5 Å². The minimum Gasteiger partial charge on any atom is -0.384 e. The molecule has 1 aliphatic rings. The summed E-state index contributed by atoms with van der Waals surface area (Å²) in [5.41, 5.74) is 1.24. The van der Waals surface area contributed by atoms with Gasteiger partial charge in [-0.3, -0.25) is 4.79 Å². The molecule has 0 fully saturated rings. The van der Waals surface area contributed by atoms with E-state index in [4.69, 9.17) is 11.6 Å². The lowest BCUT2D eigenvalue weighted by molar-refractivity contribution is -0.117. The van der Waals surface area contributed by atoms with Crippen molar-refractivity contribution in [2.24, 2.45) is 0 Å². The molecule has 1 N–H and O–H groups in total. The molecule has 0 spiro atoms. The lowest BCUT2D eigenvalue weighted by Crippen LogP contribution is -2.14. The first-order chi connectivity index (χ1) is 7.68. The van der Waals surface area contributed by atoms with Crippen LogP contribution >= 0.6 is 11.6 Å². The molecule has 0 bridgehead atoms. The largest absolute Gasteiger partial charge is 0.384 e. The van der Waals surface area contributed by atoms with Crippen LogP contribution in [0.2, 0.25) is 5.02 Å². The average molecular weight is 237 g/mol. The molecule has 0 aliphatic heterocycles. The number of aliphatic hydroxyl groups is 1. The van der Waals surface area contributed by atoms with Gasteiger partial charge in [0.25, 0.3) is 0 Å². The second-order valence-electron chi connectivity index (χ2n) is 3.93. The predicted molar refractivity (Wildman–Crippen MR) is 63.4 cm³/mol. The Morgan fingerprint density at radius 2 is 1.94 bits per heavy atom. The van der Waals surface area contributed by atoms with Crippen molar-refractivity contribution in [1.82, 2.24) is 0 Å². The first-order valence-electron chi connectivity index (χ1n) is 5.35. The van der Waals surface area contributed by atoms with Gasteiger partial charge in [-0.2, -0.15) is 0 Å². The minimum atomic E-state index is -0.815. The standard InChI is InChI=1S/C13H13ClO2/c14-10-7-5-9(6-8-10)13(16)11-3-1-2-4-12(11)15/h3,5-8,13,16H,1-2,4H2. The first kappa shape index (κ1) is 11.4. The summed E-state index contributed by atoms with van der Waals surface area (Å²) in [6, 6.07) is 6.92. The highest BCUT2D eigenvalue weighted by Gasteiger charge is 2.21. The van der Waals surface area contributed by atoms with Crippen molar-refractivity contribution in [3.63, 3.8) is 0 Å². The number of benzene rings is 1. The highest BCUT2D eigenvalue weighted by Crippen LogP contribution is 2.28. The van der Waals surface area contributed by atoms with Crippen LogP contribution in [0.3, 0.4) is 0 Å². The van der Waals surface area contributed by atoms with Crippen LogP contribution in [0, 0.1) is 0 Å². The summed E-state index contributed by atoms with van der Waals surface area (Å²) < 4.78 is 0. The third-order valence-electron chi connectivity index (χ3n) is 2.77. The van der Waals surface area contributed by atoms with Crippen molar-refractivity contribution in [2.75, 3.05) is 0 Å². The predicted octanol–water partition coefficient (Wildman–Crippen LogP) is 3.05. The van der Waals surface area contributed by atoms with E-state index in [-0.39, 0.29) is 5.78 Å². The lowest BCUT2D eigenvalue weighted by atomic mass is 9.91. The van der Waals surface area contributed by atoms with Gasteiger partial charge in [0, 0.05) is 17.0 Å². The van der Waals surface area contributed by atoms with Gasteiger partial charge >= 0.3 is 0 Å². The minimum absolute atomic E-state index is 0.0497. The van der Waals surface area contributed by atoms with Crippen LogP contribution in [0.1, 0.15) is 30.9 Å². The Hall–Kier alpha value is -1.12. The molecule has 1 aliphatic carbocycles. The average Bonchev–Trinajstić information content (AvgIpc) is 2.30. The SMILES string of the molecule is O=C1CCCC=C1C(O)c1ccc(Cl)cc1. The highest BCUT2D eigenvalue weighted by atomic mass is 35.5. The van der Waals surface area contributed by atoms with Gasteiger partial charge in [0.15, 0.2) is 5.78 Å². The zero-order valence-corrected chi connectivity index (χ0v) is 9.57. The molecule has 1 unspecified atom stereocenters. The smallest absolute Gasteiger partial charge is 0.161 e. The van der Waals surface area contributed by atoms with Crippen molar-refractivity contribution < 1.29 is 9.90 Å². The third-order valence-corrected chi connectivity index (χ3v) is 3.03. The highest BCUT2D eigenvalue weighted by molar-refractivity contribution is 6.30. The molecule has 3 heteroatoms. The van der Waals surface area contributed by atoms with Crippen LogP contribution in [0.25, 0.3) is 0 Å². The maximum atomic E-state index is 11.6. The summed E-state index contributed by atoms with van der Waals surface area (Å²) in [5.74, 6) is 0.0497. The number of carbonyl (C=O) groups excluding carboxylic acids is 1. The third kappa shape index (κ3) is 2.34. The number of rotatable bonds is 2. The summed E-state index contributed by atoms with van der Waals surface area (Å²) in [4.78, 5) is 11.6. The zero-order chi connectivity index (χ0) is 11.5. The van der Waals surface area contributed by atoms with Gasteiger partial charge in [-0.1, -0.05) is 29.8 Å². The molecule has 0 aromatic heterocycles. The molecule has 1 atom stereocenters. The Kier molecular flexibility index (Phi) is 3.42. The van der Waals surface area contributed by atoms with E-state index in [1.165, 1.54) is 0 Å². The van der Waals surface area contributed by atoms with E-state index in [0.717, 1.165) is 12.8 Å². The molecule has 16 heavy (non-hydrogen) atoms. The lowest BCUT2D eigenvalue weighted by Gasteiger charge is -2.17. The van der Waals surface area contributed by atoms with E-state index in [2.05, 4.69) is 0 Å². The van der Waals surface area contributed by atoms with Gasteiger partial charge in [0.2, 0.25) is 0 Å². The molecule has 2 nitrogen and oxygen atoms in total. The van der Waals surface area contributed by atoms with E-state index in [9.17, 15) is 9.90 Å². The molecule has 1 aromatic carbocycles. The van der Waals surface area contributed by atoms with Crippen molar-refractivity contribution in [1.29, 1.82) is 0 Å². The number of hydrogen-bond donors (Lipinski definition) is 1. The van der Waals surface area contributed by atoms with Crippen molar-refractivity contribution in [3.8, 4) is 0 Å². The molecule has 0 saturated carbocycles. The van der Waals surface area contributed by atoms with E-state index < -0.39 is 6.10 Å². The van der Waals surface area contributed by atoms with Crippen molar-refractivity contribution >= 4 is 17.4 Å². The van der Waals surface area contributed by atoms with E-state index in [1.54, 1.807) is 24.3 Å². The Balaban J connectivity index is 2.24. The molecule has 2 rings (SSSR count). The Bertz CT molecular complexity index is 420. The fourth-order valence-corrected chi connectivity index (χ4v) is 1.99. The van der Waals surface area contributed by atoms with Crippen LogP contribution in [0.4, 0.5) is 0 Å². The van der Waals surface area contributed by atoms with Crippen molar-refractivity contribution in [2.45, 2.75) is 25.4 Å². The number of Topliss-reactive ketones (excluding diaryl/α,β-unsaturated/α-hetero) is 1. The zero-order valence-electron chi connectivity index (χ0n) is 8.82. The summed E-state index contributed by atoms with van der Waals surface area (Å²) in [6.45, 7) is 0. The van der Waals surface area contributed by atoms with Gasteiger partial charge < -0.3 is 5.11 Å². The molecular weight excluding hydrogens is 224 g/mol. The molecule has 1 aromatic rings. The monoisotopic (exact) mass is 236 g/mol. The van der Waals surface area contributed by atoms with E-state index in [0.29, 0.717) is 22.6 Å². The molecular formula is C13H13ClO2. The normalized spacial score (nSPS) is 18.1. The number of halogens is 1. The molecule has 0 radical (unpaired) electrons. The van der Waals surface area contributed by atoms with Crippen LogP contribution < -0.4 is 0 Å². The van der Waals surface area contributed by atoms with Gasteiger partial charge in [-0.25, -0.2) is 0 Å². The second kappa shape index (κ2) is 4.81. The molecule has 0 heterocycles. The van der Waals surface area contributed by atoms with E-state index >= 15 is 0 Å². The summed E-state index contributed by atoms with van der Waals surface area (Å²) in [7, 11) is 0. The second-order valence-corrected chi connectivity index (χ2v) is 4.37. The Morgan fingerprint density at radius 3 is 2.56 bits per heavy atom. The van der Waals surface area contributed by atoms with Crippen LogP contribution in [-0.4, -0.2) is 10.9 Å². The summed E-state index contributed by atoms with van der Waals surface area (Å²) in [5, 5.41) is 10.7. The topological polar surface area (TPSA) is 37.3 Å². The van der Waals surface area contributed by atoms with Gasteiger partial charge in [0.1, 0.15) is 6.10 Å². The first-order valence-corrected chi connectivity index (χ1v) is 5.73. The summed E-state index contributed by atoms with van der Waals surface area (Å²) >= 11 is 5.77. The number of hydrogen-bond acceptors (Lipinski definition) is 2. The van der Waals surface area contributed by atoms with Crippen molar-refractivity contribution in [3.05, 3.63) is 46.5 Å². The fraction of sp³-hybridized carbons (Fsp3) is 0.308. The Morgan fingerprint density at radius 1 is 1.25 bits per heavy atom. The van der Waals surface area contributed by atoms with Crippen LogP contribution in [0.5, 0.6) is 0 Å². The number of aliphatic hydroxyl groups excluding tert-OH is 1. The fourth-order valence-electron chi connectivity index (χ4n) is 1.87. The molecule has 0 amide bonds. The number of ketones is 1. The van der Waals surface area contributed by atoms with Crippen LogP contribution in [-0.2, 0) is 4.79 Å².